The zero-order valence-electron chi connectivity index (χ0n) is 18.1. The van der Waals surface area contributed by atoms with Gasteiger partial charge in [-0.15, -0.1) is 0 Å². The van der Waals surface area contributed by atoms with Crippen LogP contribution in [0.25, 0.3) is 0 Å². The van der Waals surface area contributed by atoms with E-state index >= 15 is 0 Å². The van der Waals surface area contributed by atoms with Crippen molar-refractivity contribution in [3.8, 4) is 0 Å². The number of hydrogen-bond acceptors (Lipinski definition) is 6. The fourth-order valence-corrected chi connectivity index (χ4v) is 2.53. The summed E-state index contributed by atoms with van der Waals surface area (Å²) >= 11 is 0. The molecule has 0 aromatic carbocycles. The highest BCUT2D eigenvalue weighted by Crippen LogP contribution is 2.09. The number of amides is 3. The summed E-state index contributed by atoms with van der Waals surface area (Å²) in [6.07, 6.45) is -0.233. The van der Waals surface area contributed by atoms with Crippen LogP contribution in [0.15, 0.2) is 0 Å². The lowest BCUT2D eigenvalue weighted by Crippen LogP contribution is -2.58. The van der Waals surface area contributed by atoms with Gasteiger partial charge in [-0.1, -0.05) is 34.1 Å². The Labute approximate surface area is 172 Å². The number of rotatable bonds is 12. The second-order valence-corrected chi connectivity index (χ2v) is 7.90. The average Bonchev–Trinajstić information content (AvgIpc) is 2.62. The van der Waals surface area contributed by atoms with Gasteiger partial charge in [0.2, 0.25) is 17.7 Å². The molecule has 0 saturated heterocycles. The predicted molar refractivity (Wildman–Crippen MR) is 108 cm³/mol. The third kappa shape index (κ3) is 9.23. The molecular formula is C19H36N4O6. The van der Waals surface area contributed by atoms with Crippen LogP contribution < -0.4 is 21.7 Å². The van der Waals surface area contributed by atoms with Gasteiger partial charge in [-0.3, -0.25) is 14.4 Å². The molecule has 6 unspecified atom stereocenters. The largest absolute Gasteiger partial charge is 0.480 e. The molecule has 0 radical (unpaired) electrons. The molecule has 3 amide bonds. The fraction of sp³-hybridized carbons (Fsp3) is 0.789. The second-order valence-electron chi connectivity index (χ2n) is 7.90. The van der Waals surface area contributed by atoms with Crippen molar-refractivity contribution in [2.45, 2.75) is 84.7 Å². The lowest BCUT2D eigenvalue weighted by Gasteiger charge is -2.26. The van der Waals surface area contributed by atoms with Gasteiger partial charge in [0.1, 0.15) is 24.2 Å². The number of carboxylic acids is 1. The molecule has 6 atom stereocenters. The summed E-state index contributed by atoms with van der Waals surface area (Å²) in [6.45, 7) is 10.0. The standard InChI is InChI=1S/C19H36N4O6/c1-7-10(4)15(19(28)29)23-16(25)11(5)21-17(26)13(8-9(2)3)22-18(27)14(20)12(6)24/h9-15,24H,7-8,20H2,1-6H3,(H,21,26)(H,22,27)(H,23,25)(H,28,29). The maximum atomic E-state index is 12.6. The van der Waals surface area contributed by atoms with Crippen LogP contribution in [0.4, 0.5) is 0 Å². The maximum absolute atomic E-state index is 12.6. The molecule has 0 aromatic rings. The van der Waals surface area contributed by atoms with E-state index in [2.05, 4.69) is 16.0 Å². The predicted octanol–water partition coefficient (Wildman–Crippen LogP) is -0.654. The van der Waals surface area contributed by atoms with Gasteiger partial charge in [0, 0.05) is 0 Å². The minimum absolute atomic E-state index is 0.0553. The van der Waals surface area contributed by atoms with Crippen molar-refractivity contribution >= 4 is 23.7 Å². The van der Waals surface area contributed by atoms with E-state index in [9.17, 15) is 29.4 Å². The number of carboxylic acid groups (broad SMARTS) is 1. The molecule has 7 N–H and O–H groups in total. The number of carbonyl (C=O) groups excluding carboxylic acids is 3. The van der Waals surface area contributed by atoms with Crippen molar-refractivity contribution in [1.29, 1.82) is 0 Å². The van der Waals surface area contributed by atoms with Gasteiger partial charge in [-0.05, 0) is 32.1 Å². The van der Waals surface area contributed by atoms with Crippen LogP contribution in [0.1, 0.15) is 54.4 Å². The smallest absolute Gasteiger partial charge is 0.326 e. The Bertz CT molecular complexity index is 581. The molecule has 0 aliphatic rings. The minimum atomic E-state index is -1.19. The Morgan fingerprint density at radius 1 is 0.897 bits per heavy atom. The summed E-state index contributed by atoms with van der Waals surface area (Å²) in [5.41, 5.74) is 5.60. The molecule has 0 heterocycles. The SMILES string of the molecule is CCC(C)C(NC(=O)C(C)NC(=O)C(CC(C)C)NC(=O)C(N)C(C)O)C(=O)O. The van der Waals surface area contributed by atoms with E-state index < -0.39 is 54.0 Å². The third-order valence-corrected chi connectivity index (χ3v) is 4.69. The highest BCUT2D eigenvalue weighted by Gasteiger charge is 2.30. The van der Waals surface area contributed by atoms with Gasteiger partial charge in [-0.2, -0.15) is 0 Å². The minimum Gasteiger partial charge on any atom is -0.480 e. The monoisotopic (exact) mass is 416 g/mol. The van der Waals surface area contributed by atoms with Crippen molar-refractivity contribution in [2.24, 2.45) is 17.6 Å². The first-order valence-corrected chi connectivity index (χ1v) is 9.89. The lowest BCUT2D eigenvalue weighted by molar-refractivity contribution is -0.143. The number of aliphatic hydroxyl groups excluding tert-OH is 1. The van der Waals surface area contributed by atoms with E-state index in [4.69, 9.17) is 5.73 Å². The Balaban J connectivity index is 5.11. The Hall–Kier alpha value is -2.20. The van der Waals surface area contributed by atoms with Gasteiger partial charge in [0.25, 0.3) is 0 Å². The lowest BCUT2D eigenvalue weighted by atomic mass is 9.99. The molecule has 0 saturated carbocycles. The number of hydrogen-bond donors (Lipinski definition) is 6. The van der Waals surface area contributed by atoms with E-state index in [0.29, 0.717) is 12.8 Å². The van der Waals surface area contributed by atoms with Crippen LogP contribution in [0.2, 0.25) is 0 Å². The van der Waals surface area contributed by atoms with Crippen LogP contribution >= 0.6 is 0 Å². The van der Waals surface area contributed by atoms with Gasteiger partial charge < -0.3 is 31.9 Å². The van der Waals surface area contributed by atoms with E-state index in [1.54, 1.807) is 6.92 Å². The first-order chi connectivity index (χ1) is 13.3. The summed E-state index contributed by atoms with van der Waals surface area (Å²) in [6, 6.07) is -4.22. The number of nitrogens with two attached hydrogens (primary N) is 1. The van der Waals surface area contributed by atoms with Gasteiger partial charge in [0.05, 0.1) is 6.10 Å². The van der Waals surface area contributed by atoms with E-state index in [0.717, 1.165) is 0 Å². The molecule has 0 aliphatic carbocycles. The Morgan fingerprint density at radius 2 is 1.45 bits per heavy atom. The Morgan fingerprint density at radius 3 is 1.86 bits per heavy atom. The highest BCUT2D eigenvalue weighted by molar-refractivity contribution is 5.94. The summed E-state index contributed by atoms with van der Waals surface area (Å²) in [5, 5.41) is 26.2. The van der Waals surface area contributed by atoms with E-state index in [1.807, 2.05) is 20.8 Å². The molecule has 10 nitrogen and oxygen atoms in total. The molecule has 0 bridgehead atoms. The van der Waals surface area contributed by atoms with Crippen LogP contribution in [-0.2, 0) is 19.2 Å². The highest BCUT2D eigenvalue weighted by atomic mass is 16.4. The topological polar surface area (TPSA) is 171 Å². The van der Waals surface area contributed by atoms with E-state index in [-0.39, 0.29) is 11.8 Å². The van der Waals surface area contributed by atoms with Crippen LogP contribution in [0.5, 0.6) is 0 Å². The molecule has 168 valence electrons. The quantitative estimate of drug-likeness (QED) is 0.245. The zero-order valence-corrected chi connectivity index (χ0v) is 18.1. The van der Waals surface area contributed by atoms with Crippen molar-refractivity contribution < 1.29 is 29.4 Å². The maximum Gasteiger partial charge on any atom is 0.326 e. The molecule has 0 rings (SSSR count). The normalized spacial score (nSPS) is 17.4. The van der Waals surface area contributed by atoms with Crippen molar-refractivity contribution in [3.05, 3.63) is 0 Å². The number of aliphatic hydroxyl groups is 1. The molecular weight excluding hydrogens is 380 g/mol. The third-order valence-electron chi connectivity index (χ3n) is 4.69. The number of nitrogens with one attached hydrogen (secondary N) is 3. The molecule has 29 heavy (non-hydrogen) atoms. The summed E-state index contributed by atoms with van der Waals surface area (Å²) in [5.74, 6) is -3.29. The summed E-state index contributed by atoms with van der Waals surface area (Å²) in [4.78, 5) is 48.4. The summed E-state index contributed by atoms with van der Waals surface area (Å²) < 4.78 is 0. The number of aliphatic carboxylic acids is 1. The zero-order chi connectivity index (χ0) is 22.9. The molecule has 10 heteroatoms. The first kappa shape index (κ1) is 26.8. The van der Waals surface area contributed by atoms with Gasteiger partial charge in [-0.25, -0.2) is 4.79 Å². The van der Waals surface area contributed by atoms with E-state index in [1.165, 1.54) is 13.8 Å². The van der Waals surface area contributed by atoms with Crippen molar-refractivity contribution in [2.75, 3.05) is 0 Å². The Kier molecular flexibility index (Phi) is 11.4. The summed E-state index contributed by atoms with van der Waals surface area (Å²) in [7, 11) is 0. The van der Waals surface area contributed by atoms with Gasteiger partial charge >= 0.3 is 5.97 Å². The fourth-order valence-electron chi connectivity index (χ4n) is 2.53. The number of carbonyl (C=O) groups is 4. The molecule has 0 spiro atoms. The van der Waals surface area contributed by atoms with Crippen molar-refractivity contribution in [1.82, 2.24) is 16.0 Å². The van der Waals surface area contributed by atoms with Crippen LogP contribution in [0, 0.1) is 11.8 Å². The second kappa shape index (κ2) is 12.4. The van der Waals surface area contributed by atoms with Crippen LogP contribution in [0.3, 0.4) is 0 Å². The molecule has 0 aliphatic heterocycles. The van der Waals surface area contributed by atoms with Crippen LogP contribution in [-0.4, -0.2) is 64.2 Å². The molecule has 0 fully saturated rings. The van der Waals surface area contributed by atoms with Gasteiger partial charge in [0.15, 0.2) is 0 Å². The molecule has 0 aromatic heterocycles. The first-order valence-electron chi connectivity index (χ1n) is 9.89. The average molecular weight is 417 g/mol. The van der Waals surface area contributed by atoms with Crippen molar-refractivity contribution in [3.63, 3.8) is 0 Å².